The van der Waals surface area contributed by atoms with E-state index in [9.17, 15) is 23.2 Å². The third-order valence-electron chi connectivity index (χ3n) is 4.88. The lowest BCUT2D eigenvalue weighted by Crippen LogP contribution is -2.31. The molecule has 0 aliphatic carbocycles. The normalized spacial score (nSPS) is 13.0. The second-order valence-corrected chi connectivity index (χ2v) is 6.68. The smallest absolute Gasteiger partial charge is 0.343 e. The molecule has 0 fully saturated rings. The van der Waals surface area contributed by atoms with Gasteiger partial charge in [0.2, 0.25) is 11.2 Å². The van der Waals surface area contributed by atoms with Gasteiger partial charge in [-0.3, -0.25) is 4.79 Å². The number of pyridine rings is 1. The van der Waals surface area contributed by atoms with Gasteiger partial charge in [-0.1, -0.05) is 20.3 Å². The van der Waals surface area contributed by atoms with Gasteiger partial charge in [0, 0.05) is 6.20 Å². The number of benzene rings is 1. The first-order valence-electron chi connectivity index (χ1n) is 9.67. The average molecular weight is 425 g/mol. The van der Waals surface area contributed by atoms with E-state index in [0.717, 1.165) is 13.3 Å². The fourth-order valence-electron chi connectivity index (χ4n) is 3.26. The van der Waals surface area contributed by atoms with Crippen molar-refractivity contribution in [1.29, 1.82) is 0 Å². The lowest BCUT2D eigenvalue weighted by Gasteiger charge is -2.27. The minimum absolute atomic E-state index is 0.00405. The van der Waals surface area contributed by atoms with Crippen LogP contribution in [0.1, 0.15) is 50.5 Å². The van der Waals surface area contributed by atoms with Gasteiger partial charge in [-0.15, -0.1) is 0 Å². The Morgan fingerprint density at radius 2 is 1.77 bits per heavy atom. The van der Waals surface area contributed by atoms with E-state index in [0.29, 0.717) is 12.5 Å². The van der Waals surface area contributed by atoms with Crippen molar-refractivity contribution < 1.29 is 32.6 Å². The molecule has 1 aromatic heterocycles. The molecule has 0 bridgehead atoms. The summed E-state index contributed by atoms with van der Waals surface area (Å²) in [6.45, 7) is 6.90. The number of hydrogen-bond donors (Lipinski definition) is 0. The number of ether oxygens (including phenoxy) is 3. The second-order valence-electron chi connectivity index (χ2n) is 6.68. The molecule has 2 rings (SSSR count). The van der Waals surface area contributed by atoms with Gasteiger partial charge in [0.1, 0.15) is 11.6 Å². The molecular weight excluding hydrogens is 400 g/mol. The molecule has 0 radical (unpaired) electrons. The number of rotatable bonds is 8. The molecule has 30 heavy (non-hydrogen) atoms. The molecule has 0 saturated carbocycles. The van der Waals surface area contributed by atoms with Crippen LogP contribution in [0.15, 0.2) is 17.1 Å². The molecule has 0 aliphatic heterocycles. The molecule has 0 aliphatic rings. The summed E-state index contributed by atoms with van der Waals surface area (Å²) in [4.78, 5) is 38.1. The molecular formula is C21H25F2NO6. The summed E-state index contributed by atoms with van der Waals surface area (Å²) in [5.74, 6) is -5.08. The molecule has 7 nitrogen and oxygen atoms in total. The van der Waals surface area contributed by atoms with Crippen molar-refractivity contribution in [2.24, 2.45) is 5.92 Å². The Kier molecular flexibility index (Phi) is 7.53. The molecule has 164 valence electrons. The maximum Gasteiger partial charge on any atom is 0.343 e. The second kappa shape index (κ2) is 9.69. The highest BCUT2D eigenvalue weighted by Gasteiger charge is 2.32. The summed E-state index contributed by atoms with van der Waals surface area (Å²) in [5, 5.41) is -0.311. The summed E-state index contributed by atoms with van der Waals surface area (Å²) >= 11 is 0. The lowest BCUT2D eigenvalue weighted by molar-refractivity contribution is -0.148. The maximum absolute atomic E-state index is 14.5. The SMILES string of the molecule is CCOC(=O)c1cn([C@H](C(=O)OCC)[C@@H](C)CC)c2c(OC)c(F)c(F)cc2c1=O. The average Bonchev–Trinajstić information content (AvgIpc) is 2.71. The number of aromatic nitrogens is 1. The maximum atomic E-state index is 14.5. The van der Waals surface area contributed by atoms with E-state index >= 15 is 0 Å². The number of carbonyl (C=O) groups is 2. The molecule has 0 amide bonds. The van der Waals surface area contributed by atoms with Gasteiger partial charge in [-0.25, -0.2) is 14.0 Å². The van der Waals surface area contributed by atoms with E-state index in [1.807, 2.05) is 6.92 Å². The van der Waals surface area contributed by atoms with E-state index in [-0.39, 0.29) is 30.0 Å². The summed E-state index contributed by atoms with van der Waals surface area (Å²) < 4.78 is 45.1. The molecule has 0 spiro atoms. The Hall–Kier alpha value is -2.97. The molecule has 1 heterocycles. The minimum atomic E-state index is -1.32. The Morgan fingerprint density at radius 1 is 1.13 bits per heavy atom. The Labute approximate surface area is 172 Å². The monoisotopic (exact) mass is 425 g/mol. The van der Waals surface area contributed by atoms with Crippen molar-refractivity contribution in [3.05, 3.63) is 39.7 Å². The van der Waals surface area contributed by atoms with Crippen LogP contribution in [-0.2, 0) is 14.3 Å². The van der Waals surface area contributed by atoms with Gasteiger partial charge in [0.15, 0.2) is 11.6 Å². The predicted octanol–water partition coefficient (Wildman–Crippen LogP) is 3.62. The van der Waals surface area contributed by atoms with Crippen molar-refractivity contribution in [3.63, 3.8) is 0 Å². The van der Waals surface area contributed by atoms with Crippen LogP contribution in [0.3, 0.4) is 0 Å². The van der Waals surface area contributed by atoms with Crippen LogP contribution >= 0.6 is 0 Å². The standard InChI is InChI=1S/C21H25F2NO6/c1-6-11(4)16(21(27)30-8-3)24-10-13(20(26)29-7-2)18(25)12-9-14(22)15(23)19(28-5)17(12)24/h9-11,16H,6-8H2,1-5H3/t11-,16-/m0/s1. The Bertz CT molecular complexity index is 1020. The number of esters is 2. The molecule has 0 N–H and O–H groups in total. The van der Waals surface area contributed by atoms with Crippen LogP contribution in [-0.4, -0.2) is 36.8 Å². The third kappa shape index (κ3) is 4.15. The molecule has 0 saturated heterocycles. The summed E-state index contributed by atoms with van der Waals surface area (Å²) in [6.07, 6.45) is 1.65. The summed E-state index contributed by atoms with van der Waals surface area (Å²) in [6, 6.07) is -0.335. The van der Waals surface area contributed by atoms with E-state index in [1.54, 1.807) is 20.8 Å². The van der Waals surface area contributed by atoms with E-state index in [2.05, 4.69) is 0 Å². The van der Waals surface area contributed by atoms with Gasteiger partial charge in [-0.05, 0) is 25.8 Å². The molecule has 9 heteroatoms. The molecule has 0 unspecified atom stereocenters. The van der Waals surface area contributed by atoms with Crippen molar-refractivity contribution in [3.8, 4) is 5.75 Å². The van der Waals surface area contributed by atoms with E-state index < -0.39 is 46.4 Å². The first-order valence-corrected chi connectivity index (χ1v) is 9.67. The highest BCUT2D eigenvalue weighted by molar-refractivity contribution is 5.96. The zero-order chi connectivity index (χ0) is 22.6. The number of hydrogen-bond acceptors (Lipinski definition) is 6. The van der Waals surface area contributed by atoms with Crippen LogP contribution in [0.25, 0.3) is 10.9 Å². The van der Waals surface area contributed by atoms with Gasteiger partial charge < -0.3 is 18.8 Å². The lowest BCUT2D eigenvalue weighted by atomic mass is 9.97. The zero-order valence-electron chi connectivity index (χ0n) is 17.6. The van der Waals surface area contributed by atoms with Crippen molar-refractivity contribution in [2.45, 2.75) is 40.2 Å². The number of nitrogens with zero attached hydrogens (tertiary/aromatic N) is 1. The van der Waals surface area contributed by atoms with Gasteiger partial charge in [-0.2, -0.15) is 4.39 Å². The zero-order valence-corrected chi connectivity index (χ0v) is 17.6. The molecule has 2 aromatic rings. The number of fused-ring (bicyclic) bond motifs is 1. The van der Waals surface area contributed by atoms with Crippen LogP contribution in [0.4, 0.5) is 8.78 Å². The van der Waals surface area contributed by atoms with Crippen molar-refractivity contribution in [1.82, 2.24) is 4.57 Å². The Morgan fingerprint density at radius 3 is 2.30 bits per heavy atom. The van der Waals surface area contributed by atoms with Gasteiger partial charge in [0.25, 0.3) is 0 Å². The van der Waals surface area contributed by atoms with Crippen molar-refractivity contribution >= 4 is 22.8 Å². The van der Waals surface area contributed by atoms with E-state index in [4.69, 9.17) is 14.2 Å². The fraction of sp³-hybridized carbons (Fsp3) is 0.476. The topological polar surface area (TPSA) is 83.8 Å². The number of methoxy groups -OCH3 is 1. The minimum Gasteiger partial charge on any atom is -0.491 e. The third-order valence-corrected chi connectivity index (χ3v) is 4.88. The van der Waals surface area contributed by atoms with Gasteiger partial charge in [0.05, 0.1) is 31.2 Å². The predicted molar refractivity (Wildman–Crippen MR) is 106 cm³/mol. The van der Waals surface area contributed by atoms with Crippen LogP contribution in [0.2, 0.25) is 0 Å². The fourth-order valence-corrected chi connectivity index (χ4v) is 3.26. The number of carbonyl (C=O) groups excluding carboxylic acids is 2. The first-order chi connectivity index (χ1) is 14.2. The highest BCUT2D eigenvalue weighted by atomic mass is 19.2. The van der Waals surface area contributed by atoms with Crippen LogP contribution in [0.5, 0.6) is 5.75 Å². The molecule has 2 atom stereocenters. The molecule has 1 aromatic carbocycles. The first kappa shape index (κ1) is 23.3. The van der Waals surface area contributed by atoms with Gasteiger partial charge >= 0.3 is 11.9 Å². The summed E-state index contributed by atoms with van der Waals surface area (Å²) in [5.41, 5.74) is -1.41. The quantitative estimate of drug-likeness (QED) is 0.601. The Balaban J connectivity index is 3.04. The summed E-state index contributed by atoms with van der Waals surface area (Å²) in [7, 11) is 1.12. The van der Waals surface area contributed by atoms with Crippen LogP contribution < -0.4 is 10.2 Å². The van der Waals surface area contributed by atoms with Crippen molar-refractivity contribution in [2.75, 3.05) is 20.3 Å². The highest BCUT2D eigenvalue weighted by Crippen LogP contribution is 2.34. The van der Waals surface area contributed by atoms with E-state index in [1.165, 1.54) is 4.57 Å². The number of halogens is 2. The van der Waals surface area contributed by atoms with Crippen LogP contribution in [0, 0.1) is 17.6 Å². The largest absolute Gasteiger partial charge is 0.491 e.